The summed E-state index contributed by atoms with van der Waals surface area (Å²) in [7, 11) is 7.48. The molecule has 7 nitrogen and oxygen atoms in total. The number of H-pyrrole nitrogens is 1. The monoisotopic (exact) mass is 388 g/mol. The SMILES string of the molecule is COCC(=O)NC[C@H]1CCN(Cc2c[nH]c3ccc(OC)cc23)C[C@H]1N(C)C. The van der Waals surface area contributed by atoms with Gasteiger partial charge < -0.3 is 24.7 Å². The Kier molecular flexibility index (Phi) is 6.93. The van der Waals surface area contributed by atoms with Crippen molar-refractivity contribution in [3.63, 3.8) is 0 Å². The summed E-state index contributed by atoms with van der Waals surface area (Å²) in [6.45, 7) is 3.72. The number of hydrogen-bond donors (Lipinski definition) is 2. The molecule has 1 fully saturated rings. The van der Waals surface area contributed by atoms with E-state index in [4.69, 9.17) is 9.47 Å². The molecule has 2 heterocycles. The van der Waals surface area contributed by atoms with Crippen LogP contribution in [0.2, 0.25) is 0 Å². The summed E-state index contributed by atoms with van der Waals surface area (Å²) in [6, 6.07) is 6.54. The average Bonchev–Trinajstić information content (AvgIpc) is 3.09. The number of carbonyl (C=O) groups excluding carboxylic acids is 1. The van der Waals surface area contributed by atoms with Crippen LogP contribution in [0.1, 0.15) is 12.0 Å². The number of benzene rings is 1. The number of aromatic amines is 1. The molecule has 2 atom stereocenters. The van der Waals surface area contributed by atoms with Gasteiger partial charge in [0.15, 0.2) is 0 Å². The first-order valence-electron chi connectivity index (χ1n) is 9.80. The lowest BCUT2D eigenvalue weighted by Gasteiger charge is -2.42. The highest BCUT2D eigenvalue weighted by molar-refractivity contribution is 5.84. The molecule has 0 spiro atoms. The maximum Gasteiger partial charge on any atom is 0.245 e. The van der Waals surface area contributed by atoms with E-state index in [0.717, 1.165) is 37.3 Å². The van der Waals surface area contributed by atoms with E-state index in [2.05, 4.69) is 52.5 Å². The largest absolute Gasteiger partial charge is 0.497 e. The number of ether oxygens (including phenoxy) is 2. The third kappa shape index (κ3) is 4.84. The summed E-state index contributed by atoms with van der Waals surface area (Å²) in [5.74, 6) is 1.27. The van der Waals surface area contributed by atoms with E-state index in [1.54, 1.807) is 14.2 Å². The fraction of sp³-hybridized carbons (Fsp3) is 0.571. The standard InChI is InChI=1S/C21H32N4O3/c1-24(2)20-13-25(8-7-15(20)10-23-21(26)14-27-3)12-16-11-22-19-6-5-17(28-4)9-18(16)19/h5-6,9,11,15,20,22H,7-8,10,12-14H2,1-4H3,(H,23,26)/t15-,20-/m1/s1. The minimum absolute atomic E-state index is 0.0461. The number of rotatable bonds is 8. The molecular formula is C21H32N4O3. The van der Waals surface area contributed by atoms with Gasteiger partial charge in [-0.1, -0.05) is 0 Å². The van der Waals surface area contributed by atoms with Crippen LogP contribution in [0.3, 0.4) is 0 Å². The summed E-state index contributed by atoms with van der Waals surface area (Å²) in [4.78, 5) is 19.9. The van der Waals surface area contributed by atoms with Gasteiger partial charge in [0.25, 0.3) is 0 Å². The van der Waals surface area contributed by atoms with E-state index in [1.807, 2.05) is 6.07 Å². The van der Waals surface area contributed by atoms with E-state index in [9.17, 15) is 4.79 Å². The molecular weight excluding hydrogens is 356 g/mol. The summed E-state index contributed by atoms with van der Waals surface area (Å²) in [5, 5.41) is 4.22. The second-order valence-corrected chi connectivity index (χ2v) is 7.78. The molecule has 1 aliphatic heterocycles. The number of aromatic nitrogens is 1. The van der Waals surface area contributed by atoms with Crippen LogP contribution in [0.5, 0.6) is 5.75 Å². The molecule has 1 amide bonds. The number of amides is 1. The van der Waals surface area contributed by atoms with E-state index in [-0.39, 0.29) is 12.5 Å². The number of nitrogens with one attached hydrogen (secondary N) is 2. The Labute approximate surface area is 167 Å². The predicted octanol–water partition coefficient (Wildman–Crippen LogP) is 1.69. The van der Waals surface area contributed by atoms with Crippen molar-refractivity contribution in [2.45, 2.75) is 19.0 Å². The third-order valence-corrected chi connectivity index (χ3v) is 5.67. The first kappa shape index (κ1) is 20.6. The summed E-state index contributed by atoms with van der Waals surface area (Å²) >= 11 is 0. The first-order valence-corrected chi connectivity index (χ1v) is 9.80. The summed E-state index contributed by atoms with van der Waals surface area (Å²) in [5.41, 5.74) is 2.42. The van der Waals surface area contributed by atoms with E-state index < -0.39 is 0 Å². The second-order valence-electron chi connectivity index (χ2n) is 7.78. The molecule has 0 saturated carbocycles. The number of hydrogen-bond acceptors (Lipinski definition) is 5. The Morgan fingerprint density at radius 2 is 2.18 bits per heavy atom. The van der Waals surface area contributed by atoms with Crippen molar-refractivity contribution in [1.82, 2.24) is 20.1 Å². The Balaban J connectivity index is 1.65. The number of likely N-dealkylation sites (N-methyl/N-ethyl adjacent to an activating group) is 1. The van der Waals surface area contributed by atoms with Gasteiger partial charge in [0.1, 0.15) is 12.4 Å². The van der Waals surface area contributed by atoms with Gasteiger partial charge in [0.05, 0.1) is 7.11 Å². The number of fused-ring (bicyclic) bond motifs is 1. The molecule has 1 saturated heterocycles. The van der Waals surface area contributed by atoms with Crippen molar-refractivity contribution in [3.8, 4) is 5.75 Å². The summed E-state index contributed by atoms with van der Waals surface area (Å²) < 4.78 is 10.3. The average molecular weight is 389 g/mol. The Morgan fingerprint density at radius 1 is 1.36 bits per heavy atom. The molecule has 1 aromatic carbocycles. The number of methoxy groups -OCH3 is 2. The van der Waals surface area contributed by atoms with Crippen LogP contribution in [-0.4, -0.2) is 81.3 Å². The maximum absolute atomic E-state index is 11.7. The Morgan fingerprint density at radius 3 is 2.89 bits per heavy atom. The molecule has 0 aliphatic carbocycles. The molecule has 3 rings (SSSR count). The molecule has 1 aliphatic rings. The van der Waals surface area contributed by atoms with Crippen LogP contribution < -0.4 is 10.1 Å². The highest BCUT2D eigenvalue weighted by Crippen LogP contribution is 2.27. The second kappa shape index (κ2) is 9.41. The van der Waals surface area contributed by atoms with Crippen LogP contribution in [0.4, 0.5) is 0 Å². The van der Waals surface area contributed by atoms with Crippen LogP contribution >= 0.6 is 0 Å². The fourth-order valence-corrected chi connectivity index (χ4v) is 4.10. The van der Waals surface area contributed by atoms with E-state index in [1.165, 1.54) is 10.9 Å². The van der Waals surface area contributed by atoms with Gasteiger partial charge in [-0.3, -0.25) is 9.69 Å². The molecule has 0 bridgehead atoms. The highest BCUT2D eigenvalue weighted by atomic mass is 16.5. The normalized spacial score (nSPS) is 20.6. The van der Waals surface area contributed by atoms with Gasteiger partial charge in [-0.25, -0.2) is 0 Å². The van der Waals surface area contributed by atoms with Gasteiger partial charge in [-0.2, -0.15) is 0 Å². The van der Waals surface area contributed by atoms with Gasteiger partial charge >= 0.3 is 0 Å². The molecule has 7 heteroatoms. The zero-order chi connectivity index (χ0) is 20.1. The topological polar surface area (TPSA) is 69.8 Å². The fourth-order valence-electron chi connectivity index (χ4n) is 4.10. The third-order valence-electron chi connectivity index (χ3n) is 5.67. The van der Waals surface area contributed by atoms with Crippen molar-refractivity contribution in [2.75, 3.05) is 54.6 Å². The van der Waals surface area contributed by atoms with Crippen molar-refractivity contribution >= 4 is 16.8 Å². The summed E-state index contributed by atoms with van der Waals surface area (Å²) in [6.07, 6.45) is 3.16. The molecule has 0 radical (unpaired) electrons. The maximum atomic E-state index is 11.7. The molecule has 0 unspecified atom stereocenters. The Bertz CT molecular complexity index is 789. The highest BCUT2D eigenvalue weighted by Gasteiger charge is 2.31. The molecule has 1 aromatic heterocycles. The lowest BCUT2D eigenvalue weighted by atomic mass is 9.90. The predicted molar refractivity (Wildman–Crippen MR) is 111 cm³/mol. The van der Waals surface area contributed by atoms with Crippen molar-refractivity contribution in [1.29, 1.82) is 0 Å². The minimum atomic E-state index is -0.0461. The molecule has 2 N–H and O–H groups in total. The lowest BCUT2D eigenvalue weighted by Crippen LogP contribution is -2.53. The molecule has 2 aromatic rings. The first-order chi connectivity index (χ1) is 13.5. The van der Waals surface area contributed by atoms with Crippen LogP contribution in [0.25, 0.3) is 10.9 Å². The number of carbonyl (C=O) groups is 1. The smallest absolute Gasteiger partial charge is 0.245 e. The number of nitrogens with zero attached hydrogens (tertiary/aromatic N) is 2. The minimum Gasteiger partial charge on any atom is -0.497 e. The van der Waals surface area contributed by atoms with Gasteiger partial charge in [-0.15, -0.1) is 0 Å². The zero-order valence-corrected chi connectivity index (χ0v) is 17.3. The van der Waals surface area contributed by atoms with Crippen molar-refractivity contribution < 1.29 is 14.3 Å². The van der Waals surface area contributed by atoms with Crippen molar-refractivity contribution in [3.05, 3.63) is 30.0 Å². The molecule has 28 heavy (non-hydrogen) atoms. The van der Waals surface area contributed by atoms with E-state index in [0.29, 0.717) is 18.5 Å². The van der Waals surface area contributed by atoms with Crippen LogP contribution in [0, 0.1) is 5.92 Å². The van der Waals surface area contributed by atoms with Gasteiger partial charge in [-0.05, 0) is 56.7 Å². The Hall–Kier alpha value is -2.09. The number of likely N-dealkylation sites (tertiary alicyclic amines) is 1. The number of piperidine rings is 1. The zero-order valence-electron chi connectivity index (χ0n) is 17.3. The quantitative estimate of drug-likeness (QED) is 0.720. The van der Waals surface area contributed by atoms with Crippen molar-refractivity contribution in [2.24, 2.45) is 5.92 Å². The van der Waals surface area contributed by atoms with Gasteiger partial charge in [0, 0.05) is 49.9 Å². The van der Waals surface area contributed by atoms with Crippen LogP contribution in [-0.2, 0) is 16.1 Å². The van der Waals surface area contributed by atoms with Gasteiger partial charge in [0.2, 0.25) is 5.91 Å². The molecule has 154 valence electrons. The van der Waals surface area contributed by atoms with E-state index >= 15 is 0 Å². The van der Waals surface area contributed by atoms with Crippen LogP contribution in [0.15, 0.2) is 24.4 Å². The lowest BCUT2D eigenvalue weighted by molar-refractivity contribution is -0.125.